The van der Waals surface area contributed by atoms with E-state index in [-0.39, 0.29) is 35.0 Å². The molecule has 0 spiro atoms. The molecule has 148 valence electrons. The number of benzene rings is 1. The second-order valence-electron chi connectivity index (χ2n) is 7.49. The monoisotopic (exact) mass is 384 g/mol. The molecule has 0 aliphatic carbocycles. The lowest BCUT2D eigenvalue weighted by Gasteiger charge is -2.35. The van der Waals surface area contributed by atoms with E-state index in [1.807, 2.05) is 4.90 Å². The predicted molar refractivity (Wildman–Crippen MR) is 103 cm³/mol. The van der Waals surface area contributed by atoms with Crippen LogP contribution >= 0.6 is 0 Å². The number of hydrogen-bond donors (Lipinski definition) is 0. The largest absolute Gasteiger partial charge is 0.383 e. The van der Waals surface area contributed by atoms with E-state index in [2.05, 4.69) is 5.10 Å². The van der Waals surface area contributed by atoms with E-state index in [1.165, 1.54) is 4.68 Å². The molecule has 0 saturated carbocycles. The molecule has 1 aromatic heterocycles. The fourth-order valence-corrected chi connectivity index (χ4v) is 4.30. The topological polar surface area (TPSA) is 84.7 Å². The Hall–Kier alpha value is -2.74. The van der Waals surface area contributed by atoms with Crippen LogP contribution in [0.15, 0.2) is 29.1 Å². The standard InChI is InChI=1S/C20H24N4O4/c1-22-19(26)16-6-4-3-5-15(16)17(21-22)20(27)23-11-13-7-8-14(12-23)24(18(13)25)9-10-28-2/h3-6,13-14H,7-12H2,1-2H3/t13-,14+/m0/s1. The predicted octanol–water partition coefficient (Wildman–Crippen LogP) is 0.643. The van der Waals surface area contributed by atoms with Gasteiger partial charge < -0.3 is 14.5 Å². The molecule has 5 rings (SSSR count). The summed E-state index contributed by atoms with van der Waals surface area (Å²) in [7, 11) is 3.17. The molecule has 3 saturated heterocycles. The Kier molecular flexibility index (Phi) is 4.89. The fourth-order valence-electron chi connectivity index (χ4n) is 4.30. The lowest BCUT2D eigenvalue weighted by Crippen LogP contribution is -2.49. The molecule has 1 aromatic carbocycles. The van der Waals surface area contributed by atoms with Crippen molar-refractivity contribution in [2.24, 2.45) is 13.0 Å². The molecule has 2 amide bonds. The van der Waals surface area contributed by atoms with Crippen molar-refractivity contribution in [3.63, 3.8) is 0 Å². The SMILES string of the molecule is COCCN1C(=O)[C@H]2CC[C@@H]1CN(C(=O)c1nn(C)c(=O)c3ccccc13)C2. The first-order valence-corrected chi connectivity index (χ1v) is 9.56. The highest BCUT2D eigenvalue weighted by molar-refractivity contribution is 6.05. The molecule has 8 nitrogen and oxygen atoms in total. The van der Waals surface area contributed by atoms with Crippen molar-refractivity contribution < 1.29 is 14.3 Å². The molecule has 3 fully saturated rings. The minimum absolute atomic E-state index is 0.0101. The lowest BCUT2D eigenvalue weighted by molar-refractivity contribution is -0.140. The van der Waals surface area contributed by atoms with Gasteiger partial charge in [0.1, 0.15) is 0 Å². The molecule has 4 heterocycles. The van der Waals surface area contributed by atoms with Crippen molar-refractivity contribution in [2.45, 2.75) is 18.9 Å². The van der Waals surface area contributed by atoms with Crippen LogP contribution in [-0.4, -0.2) is 70.8 Å². The molecule has 0 radical (unpaired) electrons. The summed E-state index contributed by atoms with van der Waals surface area (Å²) in [5.74, 6) is -0.328. The fraction of sp³-hybridized carbons (Fsp3) is 0.500. The van der Waals surface area contributed by atoms with Crippen LogP contribution in [0.2, 0.25) is 0 Å². The molecular weight excluding hydrogens is 360 g/mol. The lowest BCUT2D eigenvalue weighted by atomic mass is 9.94. The van der Waals surface area contributed by atoms with Gasteiger partial charge in [0.15, 0.2) is 5.69 Å². The third-order valence-electron chi connectivity index (χ3n) is 5.78. The summed E-state index contributed by atoms with van der Waals surface area (Å²) in [5, 5.41) is 5.28. The van der Waals surface area contributed by atoms with Crippen LogP contribution in [0.3, 0.4) is 0 Å². The van der Waals surface area contributed by atoms with Crippen molar-refractivity contribution in [1.29, 1.82) is 0 Å². The van der Waals surface area contributed by atoms with Gasteiger partial charge in [-0.3, -0.25) is 14.4 Å². The van der Waals surface area contributed by atoms with Gasteiger partial charge in [0.25, 0.3) is 11.5 Å². The van der Waals surface area contributed by atoms with Gasteiger partial charge in [-0.05, 0) is 18.9 Å². The first kappa shape index (κ1) is 18.6. The number of ether oxygens (including phenoxy) is 1. The van der Waals surface area contributed by atoms with E-state index in [0.717, 1.165) is 12.8 Å². The third-order valence-corrected chi connectivity index (χ3v) is 5.78. The summed E-state index contributed by atoms with van der Waals surface area (Å²) in [6.07, 6.45) is 1.67. The van der Waals surface area contributed by atoms with Crippen molar-refractivity contribution in [2.75, 3.05) is 33.4 Å². The van der Waals surface area contributed by atoms with Gasteiger partial charge in [-0.1, -0.05) is 18.2 Å². The first-order chi connectivity index (χ1) is 13.5. The Morgan fingerprint density at radius 3 is 2.68 bits per heavy atom. The summed E-state index contributed by atoms with van der Waals surface area (Å²) < 4.78 is 6.35. The summed E-state index contributed by atoms with van der Waals surface area (Å²) in [5.41, 5.74) is 0.0268. The maximum absolute atomic E-state index is 13.4. The number of aromatic nitrogens is 2. The number of amides is 2. The molecule has 3 aliphatic heterocycles. The van der Waals surface area contributed by atoms with Crippen LogP contribution in [0, 0.1) is 5.92 Å². The van der Waals surface area contributed by atoms with Gasteiger partial charge in [-0.25, -0.2) is 4.68 Å². The Morgan fingerprint density at radius 2 is 1.93 bits per heavy atom. The van der Waals surface area contributed by atoms with Gasteiger partial charge in [0.05, 0.1) is 17.9 Å². The molecule has 2 atom stereocenters. The van der Waals surface area contributed by atoms with Crippen LogP contribution in [0.1, 0.15) is 23.3 Å². The number of carbonyl (C=O) groups excluding carboxylic acids is 2. The van der Waals surface area contributed by atoms with Crippen LogP contribution < -0.4 is 5.56 Å². The second kappa shape index (κ2) is 7.35. The quantitative estimate of drug-likeness (QED) is 0.773. The molecule has 0 unspecified atom stereocenters. The van der Waals surface area contributed by atoms with E-state index in [9.17, 15) is 14.4 Å². The molecule has 2 aromatic rings. The number of fused-ring (bicyclic) bond motifs is 5. The number of carbonyl (C=O) groups is 2. The number of aryl methyl sites for hydroxylation is 1. The Morgan fingerprint density at radius 1 is 1.18 bits per heavy atom. The normalized spacial score (nSPS) is 22.0. The van der Waals surface area contributed by atoms with Crippen molar-refractivity contribution in [3.8, 4) is 0 Å². The molecule has 8 heteroatoms. The number of nitrogens with zero attached hydrogens (tertiary/aromatic N) is 4. The second-order valence-corrected chi connectivity index (χ2v) is 7.49. The van der Waals surface area contributed by atoms with Crippen LogP contribution in [0.5, 0.6) is 0 Å². The van der Waals surface area contributed by atoms with Crippen LogP contribution in [0.4, 0.5) is 0 Å². The Labute approximate surface area is 162 Å². The maximum atomic E-state index is 13.4. The van der Waals surface area contributed by atoms with E-state index in [4.69, 9.17) is 4.74 Å². The summed E-state index contributed by atoms with van der Waals surface area (Å²) in [6.45, 7) is 1.88. The smallest absolute Gasteiger partial charge is 0.275 e. The highest BCUT2D eigenvalue weighted by Crippen LogP contribution is 2.30. The molecule has 0 N–H and O–H groups in total. The zero-order valence-electron chi connectivity index (χ0n) is 16.1. The Bertz CT molecular complexity index is 986. The van der Waals surface area contributed by atoms with Gasteiger partial charge in [-0.2, -0.15) is 5.10 Å². The molecule has 3 aliphatic rings. The number of hydrogen-bond acceptors (Lipinski definition) is 5. The van der Waals surface area contributed by atoms with E-state index in [1.54, 1.807) is 43.3 Å². The van der Waals surface area contributed by atoms with Crippen LogP contribution in [-0.2, 0) is 16.6 Å². The molecular formula is C20H24N4O4. The van der Waals surface area contributed by atoms with E-state index >= 15 is 0 Å². The minimum Gasteiger partial charge on any atom is -0.383 e. The van der Waals surface area contributed by atoms with Gasteiger partial charge in [0, 0.05) is 45.2 Å². The highest BCUT2D eigenvalue weighted by atomic mass is 16.5. The van der Waals surface area contributed by atoms with Crippen molar-refractivity contribution in [1.82, 2.24) is 19.6 Å². The third kappa shape index (κ3) is 3.07. The van der Waals surface area contributed by atoms with E-state index in [0.29, 0.717) is 37.0 Å². The summed E-state index contributed by atoms with van der Waals surface area (Å²) in [6, 6.07) is 7.01. The number of methoxy groups -OCH3 is 1. The maximum Gasteiger partial charge on any atom is 0.275 e. The zero-order valence-corrected chi connectivity index (χ0v) is 16.1. The summed E-state index contributed by atoms with van der Waals surface area (Å²) >= 11 is 0. The van der Waals surface area contributed by atoms with Gasteiger partial charge in [0.2, 0.25) is 5.91 Å². The van der Waals surface area contributed by atoms with Crippen molar-refractivity contribution >= 4 is 22.6 Å². The average molecular weight is 384 g/mol. The van der Waals surface area contributed by atoms with Gasteiger partial charge >= 0.3 is 0 Å². The number of rotatable bonds is 4. The van der Waals surface area contributed by atoms with E-state index < -0.39 is 0 Å². The minimum atomic E-state index is -0.232. The molecule has 2 bridgehead atoms. The number of piperidine rings is 1. The highest BCUT2D eigenvalue weighted by Gasteiger charge is 2.42. The molecule has 28 heavy (non-hydrogen) atoms. The average Bonchev–Trinajstić information content (AvgIpc) is 3.00. The first-order valence-electron chi connectivity index (χ1n) is 9.56. The van der Waals surface area contributed by atoms with Gasteiger partial charge in [-0.15, -0.1) is 0 Å². The summed E-state index contributed by atoms with van der Waals surface area (Å²) in [4.78, 5) is 42.1. The Balaban J connectivity index is 1.68. The van der Waals surface area contributed by atoms with Crippen molar-refractivity contribution in [3.05, 3.63) is 40.3 Å². The zero-order chi connectivity index (χ0) is 19.8. The van der Waals surface area contributed by atoms with Crippen LogP contribution in [0.25, 0.3) is 10.8 Å².